The zero-order chi connectivity index (χ0) is 11.1. The fraction of sp³-hybridized carbons (Fsp3) is 0.455. The molecule has 15 heavy (non-hydrogen) atoms. The SMILES string of the molecule is CC(C)(C)Cc1n[nH]c2cc(=O)ccn12. The Labute approximate surface area is 87.9 Å². The van der Waals surface area contributed by atoms with Gasteiger partial charge in [-0.25, -0.2) is 0 Å². The van der Waals surface area contributed by atoms with Crippen LogP contribution in [0.15, 0.2) is 23.1 Å². The molecule has 80 valence electrons. The molecule has 0 aliphatic carbocycles. The lowest BCUT2D eigenvalue weighted by molar-refractivity contribution is 0.399. The Balaban J connectivity index is 2.50. The lowest BCUT2D eigenvalue weighted by Crippen LogP contribution is -2.12. The maximum absolute atomic E-state index is 11.1. The van der Waals surface area contributed by atoms with Crippen molar-refractivity contribution in [2.75, 3.05) is 0 Å². The van der Waals surface area contributed by atoms with E-state index in [9.17, 15) is 4.79 Å². The first-order valence-corrected chi connectivity index (χ1v) is 5.01. The first-order chi connectivity index (χ1) is 6.96. The molecule has 2 aromatic heterocycles. The third kappa shape index (κ3) is 2.09. The molecule has 2 heterocycles. The lowest BCUT2D eigenvalue weighted by atomic mass is 9.92. The normalized spacial score (nSPS) is 12.2. The van der Waals surface area contributed by atoms with Gasteiger partial charge in [0, 0.05) is 24.8 Å². The van der Waals surface area contributed by atoms with Crippen LogP contribution in [0.3, 0.4) is 0 Å². The third-order valence-corrected chi connectivity index (χ3v) is 2.19. The minimum atomic E-state index is 0.000888. The summed E-state index contributed by atoms with van der Waals surface area (Å²) in [7, 11) is 0. The number of hydrogen-bond acceptors (Lipinski definition) is 2. The van der Waals surface area contributed by atoms with Gasteiger partial charge in [-0.15, -0.1) is 0 Å². The topological polar surface area (TPSA) is 50.2 Å². The third-order valence-electron chi connectivity index (χ3n) is 2.19. The highest BCUT2D eigenvalue weighted by molar-refractivity contribution is 5.37. The Kier molecular flexibility index (Phi) is 2.14. The van der Waals surface area contributed by atoms with Crippen molar-refractivity contribution in [3.05, 3.63) is 34.4 Å². The summed E-state index contributed by atoms with van der Waals surface area (Å²) in [6.45, 7) is 6.49. The number of aromatic amines is 1. The number of aromatic nitrogens is 3. The average Bonchev–Trinajstić information content (AvgIpc) is 2.45. The van der Waals surface area contributed by atoms with Crippen molar-refractivity contribution in [3.8, 4) is 0 Å². The highest BCUT2D eigenvalue weighted by Crippen LogP contribution is 2.19. The molecule has 0 aromatic carbocycles. The standard InChI is InChI=1S/C11H15N3O/c1-11(2,3)7-10-13-12-9-6-8(15)4-5-14(9)10/h4-6,12H,7H2,1-3H3. The Bertz CT molecular complexity index is 530. The molecule has 0 unspecified atom stereocenters. The largest absolute Gasteiger partial charge is 0.290 e. The van der Waals surface area contributed by atoms with Crippen molar-refractivity contribution >= 4 is 5.65 Å². The van der Waals surface area contributed by atoms with Crippen LogP contribution >= 0.6 is 0 Å². The molecule has 0 saturated carbocycles. The van der Waals surface area contributed by atoms with E-state index < -0.39 is 0 Å². The first-order valence-electron chi connectivity index (χ1n) is 5.01. The van der Waals surface area contributed by atoms with Gasteiger partial charge >= 0.3 is 0 Å². The molecule has 0 radical (unpaired) electrons. The van der Waals surface area contributed by atoms with Crippen molar-refractivity contribution in [2.45, 2.75) is 27.2 Å². The summed E-state index contributed by atoms with van der Waals surface area (Å²) >= 11 is 0. The average molecular weight is 205 g/mol. The molecule has 0 spiro atoms. The highest BCUT2D eigenvalue weighted by atomic mass is 16.1. The second kappa shape index (κ2) is 3.22. The molecular weight excluding hydrogens is 190 g/mol. The summed E-state index contributed by atoms with van der Waals surface area (Å²) in [5, 5.41) is 7.09. The molecule has 0 atom stereocenters. The van der Waals surface area contributed by atoms with E-state index in [-0.39, 0.29) is 10.8 Å². The summed E-state index contributed by atoms with van der Waals surface area (Å²) in [4.78, 5) is 11.1. The quantitative estimate of drug-likeness (QED) is 0.769. The molecule has 0 amide bonds. The van der Waals surface area contributed by atoms with Crippen molar-refractivity contribution in [3.63, 3.8) is 0 Å². The van der Waals surface area contributed by atoms with Crippen LogP contribution in [-0.4, -0.2) is 14.6 Å². The van der Waals surface area contributed by atoms with Gasteiger partial charge in [-0.05, 0) is 5.41 Å². The fourth-order valence-electron chi connectivity index (χ4n) is 1.57. The zero-order valence-corrected chi connectivity index (χ0v) is 9.24. The number of hydrogen-bond donors (Lipinski definition) is 1. The molecule has 4 heteroatoms. The molecular formula is C11H15N3O. The molecule has 0 aliphatic rings. The van der Waals surface area contributed by atoms with Gasteiger partial charge in [0.2, 0.25) is 0 Å². The van der Waals surface area contributed by atoms with E-state index >= 15 is 0 Å². The van der Waals surface area contributed by atoms with Crippen LogP contribution < -0.4 is 5.43 Å². The Morgan fingerprint density at radius 2 is 2.20 bits per heavy atom. The van der Waals surface area contributed by atoms with Gasteiger partial charge in [0.15, 0.2) is 5.43 Å². The van der Waals surface area contributed by atoms with Gasteiger partial charge in [0.1, 0.15) is 11.5 Å². The summed E-state index contributed by atoms with van der Waals surface area (Å²) < 4.78 is 1.92. The van der Waals surface area contributed by atoms with E-state index in [2.05, 4.69) is 31.0 Å². The minimum Gasteiger partial charge on any atom is -0.290 e. The number of pyridine rings is 1. The van der Waals surface area contributed by atoms with E-state index in [1.165, 1.54) is 0 Å². The van der Waals surface area contributed by atoms with E-state index in [1.54, 1.807) is 18.3 Å². The van der Waals surface area contributed by atoms with Crippen molar-refractivity contribution in [2.24, 2.45) is 5.41 Å². The van der Waals surface area contributed by atoms with Gasteiger partial charge in [-0.2, -0.15) is 5.10 Å². The summed E-state index contributed by atoms with van der Waals surface area (Å²) in [6.07, 6.45) is 2.64. The van der Waals surface area contributed by atoms with Crippen molar-refractivity contribution in [1.82, 2.24) is 14.6 Å². The number of H-pyrrole nitrogens is 1. The number of fused-ring (bicyclic) bond motifs is 1. The van der Waals surface area contributed by atoms with Crippen molar-refractivity contribution in [1.29, 1.82) is 0 Å². The van der Waals surface area contributed by atoms with E-state index in [0.29, 0.717) is 0 Å². The number of nitrogens with zero attached hydrogens (tertiary/aromatic N) is 2. The summed E-state index contributed by atoms with van der Waals surface area (Å²) in [6, 6.07) is 3.10. The monoisotopic (exact) mass is 205 g/mol. The maximum Gasteiger partial charge on any atom is 0.183 e. The predicted octanol–water partition coefficient (Wildman–Crippen LogP) is 1.61. The van der Waals surface area contributed by atoms with Crippen molar-refractivity contribution < 1.29 is 0 Å². The van der Waals surface area contributed by atoms with Gasteiger partial charge in [-0.3, -0.25) is 14.3 Å². The summed E-state index contributed by atoms with van der Waals surface area (Å²) in [5.41, 5.74) is 0.938. The Morgan fingerprint density at radius 1 is 1.47 bits per heavy atom. The van der Waals surface area contributed by atoms with E-state index in [0.717, 1.165) is 17.9 Å². The van der Waals surface area contributed by atoms with Gasteiger partial charge in [-0.1, -0.05) is 20.8 Å². The maximum atomic E-state index is 11.1. The number of nitrogens with one attached hydrogen (secondary N) is 1. The molecule has 0 saturated heterocycles. The lowest BCUT2D eigenvalue weighted by Gasteiger charge is -2.16. The van der Waals surface area contributed by atoms with Crippen LogP contribution in [0.5, 0.6) is 0 Å². The second-order valence-electron chi connectivity index (χ2n) is 4.99. The minimum absolute atomic E-state index is 0.000888. The molecule has 2 aromatic rings. The van der Waals surface area contributed by atoms with E-state index in [4.69, 9.17) is 0 Å². The number of rotatable bonds is 1. The molecule has 1 N–H and O–H groups in total. The Hall–Kier alpha value is -1.58. The second-order valence-corrected chi connectivity index (χ2v) is 4.99. The smallest absolute Gasteiger partial charge is 0.183 e. The van der Waals surface area contributed by atoms with Gasteiger partial charge < -0.3 is 0 Å². The molecule has 0 fully saturated rings. The van der Waals surface area contributed by atoms with Gasteiger partial charge in [0.05, 0.1) is 0 Å². The molecule has 2 rings (SSSR count). The van der Waals surface area contributed by atoms with Crippen LogP contribution in [0.4, 0.5) is 0 Å². The zero-order valence-electron chi connectivity index (χ0n) is 9.24. The summed E-state index contributed by atoms with van der Waals surface area (Å²) in [5.74, 6) is 0.956. The van der Waals surface area contributed by atoms with Crippen LogP contribution in [-0.2, 0) is 6.42 Å². The van der Waals surface area contributed by atoms with Crippen LogP contribution in [0, 0.1) is 5.41 Å². The molecule has 0 bridgehead atoms. The van der Waals surface area contributed by atoms with Gasteiger partial charge in [0.25, 0.3) is 0 Å². The Morgan fingerprint density at radius 3 is 2.87 bits per heavy atom. The molecule has 0 aliphatic heterocycles. The van der Waals surface area contributed by atoms with Crippen LogP contribution in [0.2, 0.25) is 0 Å². The molecule has 4 nitrogen and oxygen atoms in total. The van der Waals surface area contributed by atoms with Crippen LogP contribution in [0.25, 0.3) is 5.65 Å². The highest BCUT2D eigenvalue weighted by Gasteiger charge is 2.15. The fourth-order valence-corrected chi connectivity index (χ4v) is 1.57. The van der Waals surface area contributed by atoms with Crippen LogP contribution in [0.1, 0.15) is 26.6 Å². The predicted molar refractivity (Wildman–Crippen MR) is 59.0 cm³/mol. The first kappa shape index (κ1) is 9.96. The van der Waals surface area contributed by atoms with E-state index in [1.807, 2.05) is 4.40 Å².